The molecule has 118 valence electrons. The molecular weight excluding hydrogens is 328 g/mol. The maximum atomic E-state index is 12.5. The van der Waals surface area contributed by atoms with Crippen LogP contribution in [0, 0.1) is 6.92 Å². The van der Waals surface area contributed by atoms with Crippen LogP contribution in [-0.2, 0) is 6.42 Å². The van der Waals surface area contributed by atoms with E-state index in [0.29, 0.717) is 21.4 Å². The molecule has 0 spiro atoms. The van der Waals surface area contributed by atoms with Crippen molar-refractivity contribution in [3.63, 3.8) is 0 Å². The monoisotopic (exact) mass is 344 g/mol. The highest BCUT2D eigenvalue weighted by Crippen LogP contribution is 2.25. The molecule has 0 saturated carbocycles. The third-order valence-electron chi connectivity index (χ3n) is 3.26. The lowest BCUT2D eigenvalue weighted by molar-refractivity contribution is 0.0943. The molecule has 23 heavy (non-hydrogen) atoms. The highest BCUT2D eigenvalue weighted by Gasteiger charge is 2.19. The zero-order valence-electron chi connectivity index (χ0n) is 12.8. The maximum Gasteiger partial charge on any atom is 0.263 e. The minimum Gasteiger partial charge on any atom is -0.348 e. The molecule has 3 heterocycles. The van der Waals surface area contributed by atoms with Gasteiger partial charge in [-0.3, -0.25) is 4.79 Å². The van der Waals surface area contributed by atoms with Gasteiger partial charge in [0.1, 0.15) is 4.88 Å². The molecule has 0 unspecified atom stereocenters. The summed E-state index contributed by atoms with van der Waals surface area (Å²) in [5.74, 6) is 0.455. The van der Waals surface area contributed by atoms with Crippen LogP contribution in [0.1, 0.15) is 27.9 Å². The van der Waals surface area contributed by atoms with Crippen LogP contribution in [-0.4, -0.2) is 26.9 Å². The quantitative estimate of drug-likeness (QED) is 0.771. The van der Waals surface area contributed by atoms with Crippen molar-refractivity contribution >= 4 is 28.6 Å². The van der Waals surface area contributed by atoms with Crippen molar-refractivity contribution in [1.29, 1.82) is 0 Å². The maximum absolute atomic E-state index is 12.5. The molecule has 3 aromatic heterocycles. The van der Waals surface area contributed by atoms with Crippen LogP contribution < -0.4 is 5.32 Å². The average Bonchev–Trinajstić information content (AvgIpc) is 3.17. The third kappa shape index (κ3) is 3.80. The van der Waals surface area contributed by atoms with Gasteiger partial charge in [-0.2, -0.15) is 11.3 Å². The summed E-state index contributed by atoms with van der Waals surface area (Å²) in [4.78, 5) is 25.9. The molecule has 0 radical (unpaired) electrons. The number of nitrogens with zero attached hydrogens (tertiary/aromatic N) is 3. The van der Waals surface area contributed by atoms with Gasteiger partial charge in [-0.15, -0.1) is 11.3 Å². The molecule has 0 aliphatic heterocycles. The second kappa shape index (κ2) is 6.97. The van der Waals surface area contributed by atoms with Crippen LogP contribution >= 0.6 is 22.7 Å². The van der Waals surface area contributed by atoms with E-state index < -0.39 is 0 Å². The standard InChI is InChI=1S/C16H16N4OS2/c1-10(8-12-4-7-22-9-12)19-15(21)13-11(2)20-16(23-13)14-17-5-3-6-18-14/h3-7,9-10H,8H2,1-2H3,(H,19,21)/t10-/m1/s1. The summed E-state index contributed by atoms with van der Waals surface area (Å²) < 4.78 is 0. The lowest BCUT2D eigenvalue weighted by Crippen LogP contribution is -2.33. The molecule has 0 aliphatic rings. The molecule has 0 fully saturated rings. The van der Waals surface area contributed by atoms with Gasteiger partial charge in [0, 0.05) is 18.4 Å². The lowest BCUT2D eigenvalue weighted by atomic mass is 10.1. The number of thiophene rings is 1. The minimum atomic E-state index is -0.0927. The van der Waals surface area contributed by atoms with Crippen LogP contribution in [0.25, 0.3) is 10.8 Å². The molecule has 0 bridgehead atoms. The Morgan fingerprint density at radius 1 is 1.35 bits per heavy atom. The molecule has 3 aromatic rings. The highest BCUT2D eigenvalue weighted by atomic mass is 32.1. The first-order chi connectivity index (χ1) is 11.1. The molecule has 1 amide bonds. The van der Waals surface area contributed by atoms with E-state index in [-0.39, 0.29) is 11.9 Å². The van der Waals surface area contributed by atoms with Gasteiger partial charge < -0.3 is 5.32 Å². The van der Waals surface area contributed by atoms with Gasteiger partial charge in [0.05, 0.1) is 5.69 Å². The number of aryl methyl sites for hydroxylation is 1. The predicted octanol–water partition coefficient (Wildman–Crippen LogP) is 3.33. The first-order valence-electron chi connectivity index (χ1n) is 7.20. The van der Waals surface area contributed by atoms with Crippen LogP contribution in [0.3, 0.4) is 0 Å². The molecule has 7 heteroatoms. The summed E-state index contributed by atoms with van der Waals surface area (Å²) in [7, 11) is 0. The second-order valence-corrected chi connectivity index (χ2v) is 7.00. The third-order valence-corrected chi connectivity index (χ3v) is 5.14. The molecule has 0 aliphatic carbocycles. The Bertz CT molecular complexity index is 784. The van der Waals surface area contributed by atoms with Gasteiger partial charge in [0.25, 0.3) is 5.91 Å². The van der Waals surface area contributed by atoms with Crippen LogP contribution in [0.4, 0.5) is 0 Å². The van der Waals surface area contributed by atoms with Crippen LogP contribution in [0.5, 0.6) is 0 Å². The lowest BCUT2D eigenvalue weighted by Gasteiger charge is -2.12. The minimum absolute atomic E-state index is 0.0648. The number of rotatable bonds is 5. The van der Waals surface area contributed by atoms with Crippen molar-refractivity contribution in [3.8, 4) is 10.8 Å². The predicted molar refractivity (Wildman–Crippen MR) is 92.8 cm³/mol. The Morgan fingerprint density at radius 3 is 2.83 bits per heavy atom. The number of thiazole rings is 1. The Hall–Kier alpha value is -2.12. The zero-order valence-corrected chi connectivity index (χ0v) is 14.4. The zero-order chi connectivity index (χ0) is 16.2. The summed E-state index contributed by atoms with van der Waals surface area (Å²) in [5.41, 5.74) is 1.94. The van der Waals surface area contributed by atoms with E-state index in [1.54, 1.807) is 29.8 Å². The van der Waals surface area contributed by atoms with E-state index in [9.17, 15) is 4.79 Å². The Labute approximate surface area is 142 Å². The van der Waals surface area contributed by atoms with Crippen molar-refractivity contribution in [2.24, 2.45) is 0 Å². The average molecular weight is 344 g/mol. The van der Waals surface area contributed by atoms with Crippen LogP contribution in [0.15, 0.2) is 35.3 Å². The molecule has 1 N–H and O–H groups in total. The fourth-order valence-corrected chi connectivity index (χ4v) is 3.81. The Balaban J connectivity index is 1.71. The number of nitrogens with one attached hydrogen (secondary N) is 1. The van der Waals surface area contributed by atoms with Gasteiger partial charge in [-0.1, -0.05) is 0 Å². The summed E-state index contributed by atoms with van der Waals surface area (Å²) in [6, 6.07) is 3.90. The van der Waals surface area contributed by atoms with E-state index in [0.717, 1.165) is 6.42 Å². The molecule has 0 aromatic carbocycles. The normalized spacial score (nSPS) is 12.1. The van der Waals surface area contributed by atoms with Gasteiger partial charge in [0.2, 0.25) is 0 Å². The highest BCUT2D eigenvalue weighted by molar-refractivity contribution is 7.17. The van der Waals surface area contributed by atoms with Gasteiger partial charge in [0.15, 0.2) is 10.8 Å². The first kappa shape index (κ1) is 15.8. The fraction of sp³-hybridized carbons (Fsp3) is 0.250. The number of aromatic nitrogens is 3. The van der Waals surface area contributed by atoms with Crippen molar-refractivity contribution in [3.05, 3.63) is 51.4 Å². The number of hydrogen-bond donors (Lipinski definition) is 1. The largest absolute Gasteiger partial charge is 0.348 e. The SMILES string of the molecule is Cc1nc(-c2ncccn2)sc1C(=O)N[C@H](C)Cc1ccsc1. The summed E-state index contributed by atoms with van der Waals surface area (Å²) >= 11 is 2.99. The van der Waals surface area contributed by atoms with Crippen molar-refractivity contribution in [2.45, 2.75) is 26.3 Å². The number of hydrogen-bond acceptors (Lipinski definition) is 6. The van der Waals surface area contributed by atoms with E-state index in [4.69, 9.17) is 0 Å². The number of carbonyl (C=O) groups excluding carboxylic acids is 1. The van der Waals surface area contributed by atoms with E-state index in [2.05, 4.69) is 31.7 Å². The van der Waals surface area contributed by atoms with Crippen molar-refractivity contribution < 1.29 is 4.79 Å². The van der Waals surface area contributed by atoms with E-state index in [1.807, 2.05) is 19.2 Å². The molecule has 3 rings (SSSR count). The molecule has 5 nitrogen and oxygen atoms in total. The van der Waals surface area contributed by atoms with Gasteiger partial charge in [-0.05, 0) is 48.7 Å². The van der Waals surface area contributed by atoms with Crippen molar-refractivity contribution in [1.82, 2.24) is 20.3 Å². The van der Waals surface area contributed by atoms with Gasteiger partial charge in [-0.25, -0.2) is 15.0 Å². The molecular formula is C16H16N4OS2. The molecule has 0 saturated heterocycles. The Kier molecular flexibility index (Phi) is 4.78. The second-order valence-electron chi connectivity index (χ2n) is 5.22. The van der Waals surface area contributed by atoms with Crippen molar-refractivity contribution in [2.75, 3.05) is 0 Å². The fourth-order valence-electron chi connectivity index (χ4n) is 2.21. The van der Waals surface area contributed by atoms with E-state index >= 15 is 0 Å². The number of carbonyl (C=O) groups is 1. The smallest absolute Gasteiger partial charge is 0.263 e. The Morgan fingerprint density at radius 2 is 2.13 bits per heavy atom. The molecule has 1 atom stereocenters. The van der Waals surface area contributed by atoms with E-state index in [1.165, 1.54) is 16.9 Å². The first-order valence-corrected chi connectivity index (χ1v) is 8.96. The van der Waals surface area contributed by atoms with Gasteiger partial charge >= 0.3 is 0 Å². The van der Waals surface area contributed by atoms with Crippen LogP contribution in [0.2, 0.25) is 0 Å². The topological polar surface area (TPSA) is 67.8 Å². The summed E-state index contributed by atoms with van der Waals surface area (Å²) in [6.07, 6.45) is 4.16. The summed E-state index contributed by atoms with van der Waals surface area (Å²) in [5, 5.41) is 7.85. The number of amides is 1. The summed E-state index contributed by atoms with van der Waals surface area (Å²) in [6.45, 7) is 3.84.